The Kier molecular flexibility index (Phi) is 5.09. The SMILES string of the molecule is C#CC(CC)NC(=O)N1CCC(OCC2CC2)CC1. The zero-order valence-corrected chi connectivity index (χ0v) is 11.7. The molecule has 0 aromatic carbocycles. The van der Waals surface area contributed by atoms with Crippen molar-refractivity contribution in [1.82, 2.24) is 10.2 Å². The van der Waals surface area contributed by atoms with Crippen molar-refractivity contribution in [3.63, 3.8) is 0 Å². The van der Waals surface area contributed by atoms with Crippen LogP contribution in [0.1, 0.15) is 39.0 Å². The van der Waals surface area contributed by atoms with Gasteiger partial charge in [-0.3, -0.25) is 0 Å². The summed E-state index contributed by atoms with van der Waals surface area (Å²) in [6.45, 7) is 4.42. The molecule has 1 heterocycles. The minimum atomic E-state index is -0.156. The lowest BCUT2D eigenvalue weighted by Gasteiger charge is -2.32. The van der Waals surface area contributed by atoms with Crippen molar-refractivity contribution in [3.05, 3.63) is 0 Å². The lowest BCUT2D eigenvalue weighted by molar-refractivity contribution is 0.00939. The highest BCUT2D eigenvalue weighted by atomic mass is 16.5. The van der Waals surface area contributed by atoms with Gasteiger partial charge in [0, 0.05) is 19.7 Å². The zero-order chi connectivity index (χ0) is 13.7. The molecule has 106 valence electrons. The molecule has 1 saturated heterocycles. The Labute approximate surface area is 115 Å². The number of hydrogen-bond acceptors (Lipinski definition) is 2. The molecule has 1 aliphatic carbocycles. The molecule has 4 nitrogen and oxygen atoms in total. The van der Waals surface area contributed by atoms with Crippen LogP contribution in [0.2, 0.25) is 0 Å². The van der Waals surface area contributed by atoms with Gasteiger partial charge in [-0.1, -0.05) is 12.8 Å². The van der Waals surface area contributed by atoms with Crippen LogP contribution in [-0.2, 0) is 4.74 Å². The molecule has 1 aliphatic heterocycles. The van der Waals surface area contributed by atoms with Crippen molar-refractivity contribution in [3.8, 4) is 12.3 Å². The van der Waals surface area contributed by atoms with Crippen molar-refractivity contribution in [2.45, 2.75) is 51.2 Å². The Balaban J connectivity index is 1.66. The molecule has 1 N–H and O–H groups in total. The summed E-state index contributed by atoms with van der Waals surface area (Å²) in [5.74, 6) is 3.39. The van der Waals surface area contributed by atoms with Crippen molar-refractivity contribution in [2.24, 2.45) is 5.92 Å². The van der Waals surface area contributed by atoms with Crippen LogP contribution in [0.5, 0.6) is 0 Å². The lowest BCUT2D eigenvalue weighted by atomic mass is 10.1. The highest BCUT2D eigenvalue weighted by Crippen LogP contribution is 2.30. The number of rotatable bonds is 5. The average molecular weight is 264 g/mol. The van der Waals surface area contributed by atoms with Gasteiger partial charge in [-0.2, -0.15) is 0 Å². The van der Waals surface area contributed by atoms with Crippen molar-refractivity contribution < 1.29 is 9.53 Å². The van der Waals surface area contributed by atoms with Crippen LogP contribution in [0.3, 0.4) is 0 Å². The lowest BCUT2D eigenvalue weighted by Crippen LogP contribution is -2.48. The number of terminal acetylenes is 1. The molecule has 0 spiro atoms. The van der Waals surface area contributed by atoms with Crippen LogP contribution in [-0.4, -0.2) is 42.8 Å². The quantitative estimate of drug-likeness (QED) is 0.772. The van der Waals surface area contributed by atoms with Crippen molar-refractivity contribution in [1.29, 1.82) is 0 Å². The van der Waals surface area contributed by atoms with Gasteiger partial charge in [0.15, 0.2) is 0 Å². The Morgan fingerprint density at radius 2 is 2.11 bits per heavy atom. The molecule has 0 radical (unpaired) electrons. The van der Waals surface area contributed by atoms with Gasteiger partial charge in [0.1, 0.15) is 0 Å². The molecule has 1 unspecified atom stereocenters. The summed E-state index contributed by atoms with van der Waals surface area (Å²) >= 11 is 0. The van der Waals surface area contributed by atoms with Gasteiger partial charge in [0.25, 0.3) is 0 Å². The Bertz CT molecular complexity index is 339. The summed E-state index contributed by atoms with van der Waals surface area (Å²) < 4.78 is 5.87. The zero-order valence-electron chi connectivity index (χ0n) is 11.7. The fourth-order valence-electron chi connectivity index (χ4n) is 2.28. The van der Waals surface area contributed by atoms with Gasteiger partial charge in [-0.25, -0.2) is 4.79 Å². The number of nitrogens with one attached hydrogen (secondary N) is 1. The fourth-order valence-corrected chi connectivity index (χ4v) is 2.28. The Morgan fingerprint density at radius 3 is 2.63 bits per heavy atom. The molecule has 0 bridgehead atoms. The molecular formula is C15H24N2O2. The first-order valence-corrected chi connectivity index (χ1v) is 7.36. The predicted molar refractivity (Wildman–Crippen MR) is 74.7 cm³/mol. The summed E-state index contributed by atoms with van der Waals surface area (Å²) in [4.78, 5) is 13.8. The monoisotopic (exact) mass is 264 g/mol. The van der Waals surface area contributed by atoms with Crippen LogP contribution in [0.15, 0.2) is 0 Å². The van der Waals surface area contributed by atoms with Crippen molar-refractivity contribution in [2.75, 3.05) is 19.7 Å². The minimum absolute atomic E-state index is 0.0366. The van der Waals surface area contributed by atoms with Gasteiger partial charge in [0.05, 0.1) is 12.1 Å². The summed E-state index contributed by atoms with van der Waals surface area (Å²) in [5.41, 5.74) is 0. The van der Waals surface area contributed by atoms with Crippen LogP contribution in [0.4, 0.5) is 4.79 Å². The molecule has 1 atom stereocenters. The average Bonchev–Trinajstić information content (AvgIpc) is 3.27. The predicted octanol–water partition coefficient (Wildman–Crippen LogP) is 2.00. The maximum atomic E-state index is 12.0. The van der Waals surface area contributed by atoms with E-state index in [-0.39, 0.29) is 12.1 Å². The number of piperidine rings is 1. The van der Waals surface area contributed by atoms with E-state index in [4.69, 9.17) is 11.2 Å². The van der Waals surface area contributed by atoms with E-state index in [0.717, 1.165) is 44.9 Å². The largest absolute Gasteiger partial charge is 0.378 e. The normalized spacial score (nSPS) is 21.8. The molecule has 4 heteroatoms. The molecule has 2 fully saturated rings. The number of amides is 2. The van der Waals surface area contributed by atoms with E-state index < -0.39 is 0 Å². The fraction of sp³-hybridized carbons (Fsp3) is 0.800. The number of hydrogen-bond donors (Lipinski definition) is 1. The Hall–Kier alpha value is -1.21. The minimum Gasteiger partial charge on any atom is -0.378 e. The van der Waals surface area contributed by atoms with E-state index >= 15 is 0 Å². The van der Waals surface area contributed by atoms with E-state index in [1.807, 2.05) is 11.8 Å². The van der Waals surface area contributed by atoms with Gasteiger partial charge in [-0.15, -0.1) is 6.42 Å². The topological polar surface area (TPSA) is 41.6 Å². The van der Waals surface area contributed by atoms with Crippen LogP contribution < -0.4 is 5.32 Å². The standard InChI is InChI=1S/C15H24N2O2/c1-3-13(4-2)16-15(18)17-9-7-14(8-10-17)19-11-12-5-6-12/h1,12-14H,4-11H2,2H3,(H,16,18). The number of carbonyl (C=O) groups is 1. The molecule has 2 aliphatic rings. The maximum Gasteiger partial charge on any atom is 0.318 e. The molecule has 19 heavy (non-hydrogen) atoms. The Morgan fingerprint density at radius 1 is 1.42 bits per heavy atom. The molecule has 0 aromatic heterocycles. The third-order valence-corrected chi connectivity index (χ3v) is 3.90. The number of ether oxygens (including phenoxy) is 1. The first-order chi connectivity index (χ1) is 9.22. The van der Waals surface area contributed by atoms with E-state index in [2.05, 4.69) is 11.2 Å². The maximum absolute atomic E-state index is 12.0. The van der Waals surface area contributed by atoms with Crippen molar-refractivity contribution >= 4 is 6.03 Å². The molecule has 0 aromatic rings. The van der Waals surface area contributed by atoms with Gasteiger partial charge in [0.2, 0.25) is 0 Å². The number of carbonyl (C=O) groups excluding carboxylic acids is 1. The van der Waals surface area contributed by atoms with Gasteiger partial charge >= 0.3 is 6.03 Å². The molecule has 2 rings (SSSR count). The highest BCUT2D eigenvalue weighted by molar-refractivity contribution is 5.75. The molecule has 2 amide bonds. The second-order valence-corrected chi connectivity index (χ2v) is 5.54. The van der Waals surface area contributed by atoms with Gasteiger partial charge in [-0.05, 0) is 38.0 Å². The first kappa shape index (κ1) is 14.2. The number of likely N-dealkylation sites (tertiary alicyclic amines) is 1. The van der Waals surface area contributed by atoms with Crippen LogP contribution in [0.25, 0.3) is 0 Å². The van der Waals surface area contributed by atoms with E-state index in [1.165, 1.54) is 12.8 Å². The number of nitrogens with zero attached hydrogens (tertiary/aromatic N) is 1. The third kappa shape index (κ3) is 4.43. The second kappa shape index (κ2) is 6.81. The summed E-state index contributed by atoms with van der Waals surface area (Å²) in [6.07, 6.45) is 11.0. The summed E-state index contributed by atoms with van der Waals surface area (Å²) in [7, 11) is 0. The van der Waals surface area contributed by atoms with E-state index in [9.17, 15) is 4.79 Å². The highest BCUT2D eigenvalue weighted by Gasteiger charge is 2.27. The molecule has 1 saturated carbocycles. The van der Waals surface area contributed by atoms with Gasteiger partial charge < -0.3 is 15.0 Å². The number of urea groups is 1. The molecular weight excluding hydrogens is 240 g/mol. The van der Waals surface area contributed by atoms with Crippen LogP contribution in [0, 0.1) is 18.3 Å². The summed E-state index contributed by atoms with van der Waals surface area (Å²) in [5, 5.41) is 2.87. The first-order valence-electron chi connectivity index (χ1n) is 7.36. The third-order valence-electron chi connectivity index (χ3n) is 3.90. The second-order valence-electron chi connectivity index (χ2n) is 5.54. The summed E-state index contributed by atoms with van der Waals surface area (Å²) in [6, 6.07) is -0.193. The van der Waals surface area contributed by atoms with E-state index in [1.54, 1.807) is 0 Å². The smallest absolute Gasteiger partial charge is 0.318 e. The van der Waals surface area contributed by atoms with E-state index in [0.29, 0.717) is 6.10 Å². The van der Waals surface area contributed by atoms with Crippen LogP contribution >= 0.6 is 0 Å².